The Labute approximate surface area is 145 Å². The number of hydrogen-bond donors (Lipinski definition) is 1. The standard InChI is InChI=1S/C20H16N4O/c1-25-15-9-5-8-14(10-15)17-11-16(13-6-3-2-4-7-13)18-19(21)22-12-23-20(18)24-17/h2-12H,1H3,(H2,21,22,23,24). The molecule has 0 saturated carbocycles. The van der Waals surface area contributed by atoms with Crippen molar-refractivity contribution >= 4 is 16.9 Å². The molecule has 0 aliphatic heterocycles. The number of nitrogens with zero attached hydrogens (tertiary/aromatic N) is 3. The van der Waals surface area contributed by atoms with E-state index < -0.39 is 0 Å². The molecule has 0 bridgehead atoms. The summed E-state index contributed by atoms with van der Waals surface area (Å²) in [5, 5.41) is 0.764. The van der Waals surface area contributed by atoms with E-state index in [1.54, 1.807) is 7.11 Å². The van der Waals surface area contributed by atoms with Crippen molar-refractivity contribution in [1.29, 1.82) is 0 Å². The van der Waals surface area contributed by atoms with Crippen LogP contribution in [0, 0.1) is 0 Å². The van der Waals surface area contributed by atoms with E-state index in [0.29, 0.717) is 11.5 Å². The highest BCUT2D eigenvalue weighted by Gasteiger charge is 2.13. The fourth-order valence-corrected chi connectivity index (χ4v) is 2.86. The van der Waals surface area contributed by atoms with Gasteiger partial charge in [-0.2, -0.15) is 0 Å². The smallest absolute Gasteiger partial charge is 0.165 e. The second-order valence-electron chi connectivity index (χ2n) is 5.61. The molecular weight excluding hydrogens is 312 g/mol. The number of fused-ring (bicyclic) bond motifs is 1. The number of benzene rings is 2. The number of methoxy groups -OCH3 is 1. The fraction of sp³-hybridized carbons (Fsp3) is 0.0500. The van der Waals surface area contributed by atoms with E-state index in [1.807, 2.05) is 60.7 Å². The Bertz CT molecular complexity index is 1050. The molecule has 5 nitrogen and oxygen atoms in total. The van der Waals surface area contributed by atoms with E-state index >= 15 is 0 Å². The lowest BCUT2D eigenvalue weighted by Gasteiger charge is -2.11. The molecular formula is C20H16N4O. The van der Waals surface area contributed by atoms with E-state index in [4.69, 9.17) is 10.5 Å². The van der Waals surface area contributed by atoms with E-state index in [1.165, 1.54) is 6.33 Å². The van der Waals surface area contributed by atoms with Crippen LogP contribution < -0.4 is 10.5 Å². The van der Waals surface area contributed by atoms with Crippen molar-refractivity contribution in [3.63, 3.8) is 0 Å². The van der Waals surface area contributed by atoms with Crippen molar-refractivity contribution in [2.75, 3.05) is 12.8 Å². The van der Waals surface area contributed by atoms with Gasteiger partial charge in [-0.1, -0.05) is 42.5 Å². The average molecular weight is 328 g/mol. The molecule has 0 aliphatic carbocycles. The van der Waals surface area contributed by atoms with Gasteiger partial charge >= 0.3 is 0 Å². The molecule has 0 amide bonds. The zero-order valence-corrected chi connectivity index (χ0v) is 13.7. The largest absolute Gasteiger partial charge is 0.497 e. The molecule has 0 fully saturated rings. The molecule has 0 spiro atoms. The van der Waals surface area contributed by atoms with Crippen LogP contribution in [0.5, 0.6) is 5.75 Å². The van der Waals surface area contributed by atoms with Crippen LogP contribution in [-0.4, -0.2) is 22.1 Å². The summed E-state index contributed by atoms with van der Waals surface area (Å²) < 4.78 is 5.32. The molecule has 5 heteroatoms. The number of hydrogen-bond acceptors (Lipinski definition) is 5. The van der Waals surface area contributed by atoms with Gasteiger partial charge in [0, 0.05) is 5.56 Å². The van der Waals surface area contributed by atoms with Crippen LogP contribution in [0.1, 0.15) is 0 Å². The van der Waals surface area contributed by atoms with Crippen LogP contribution in [0.15, 0.2) is 67.0 Å². The van der Waals surface area contributed by atoms with Crippen LogP contribution in [0.4, 0.5) is 5.82 Å². The highest BCUT2D eigenvalue weighted by Crippen LogP contribution is 2.34. The molecule has 25 heavy (non-hydrogen) atoms. The Morgan fingerprint density at radius 2 is 1.68 bits per heavy atom. The maximum Gasteiger partial charge on any atom is 0.165 e. The molecule has 2 heterocycles. The van der Waals surface area contributed by atoms with Gasteiger partial charge in [0.1, 0.15) is 17.9 Å². The summed E-state index contributed by atoms with van der Waals surface area (Å²) in [5.74, 6) is 1.21. The lowest BCUT2D eigenvalue weighted by Crippen LogP contribution is -1.98. The highest BCUT2D eigenvalue weighted by molar-refractivity contribution is 6.00. The summed E-state index contributed by atoms with van der Waals surface area (Å²) >= 11 is 0. The molecule has 0 radical (unpaired) electrons. The molecule has 122 valence electrons. The van der Waals surface area contributed by atoms with Crippen LogP contribution >= 0.6 is 0 Å². The maximum absolute atomic E-state index is 6.12. The van der Waals surface area contributed by atoms with Gasteiger partial charge in [-0.05, 0) is 29.3 Å². The number of nitrogen functional groups attached to an aromatic ring is 1. The van der Waals surface area contributed by atoms with E-state index in [2.05, 4.69) is 15.0 Å². The summed E-state index contributed by atoms with van der Waals surface area (Å²) in [6.07, 6.45) is 1.44. The lowest BCUT2D eigenvalue weighted by atomic mass is 10.00. The highest BCUT2D eigenvalue weighted by atomic mass is 16.5. The second kappa shape index (κ2) is 6.20. The minimum absolute atomic E-state index is 0.425. The van der Waals surface area contributed by atoms with Gasteiger partial charge in [0.25, 0.3) is 0 Å². The molecule has 0 aliphatic rings. The zero-order chi connectivity index (χ0) is 17.2. The quantitative estimate of drug-likeness (QED) is 0.616. The third-order valence-electron chi connectivity index (χ3n) is 4.08. The van der Waals surface area contributed by atoms with E-state index in [0.717, 1.165) is 33.5 Å². The summed E-state index contributed by atoms with van der Waals surface area (Å²) in [7, 11) is 1.65. The van der Waals surface area contributed by atoms with Crippen molar-refractivity contribution in [3.8, 4) is 28.1 Å². The lowest BCUT2D eigenvalue weighted by molar-refractivity contribution is 0.415. The molecule has 2 aromatic carbocycles. The Kier molecular flexibility index (Phi) is 3.74. The Morgan fingerprint density at radius 3 is 2.48 bits per heavy atom. The first-order chi connectivity index (χ1) is 12.3. The number of nitrogens with two attached hydrogens (primary N) is 1. The van der Waals surface area contributed by atoms with Gasteiger partial charge in [-0.3, -0.25) is 0 Å². The summed E-state index contributed by atoms with van der Waals surface area (Å²) in [4.78, 5) is 13.1. The van der Waals surface area contributed by atoms with Crippen LogP contribution in [0.2, 0.25) is 0 Å². The minimum Gasteiger partial charge on any atom is -0.497 e. The van der Waals surface area contributed by atoms with Gasteiger partial charge < -0.3 is 10.5 Å². The first-order valence-corrected chi connectivity index (χ1v) is 7.87. The minimum atomic E-state index is 0.425. The Morgan fingerprint density at radius 1 is 0.880 bits per heavy atom. The maximum atomic E-state index is 6.12. The first kappa shape index (κ1) is 15.1. The van der Waals surface area contributed by atoms with Gasteiger partial charge in [0.05, 0.1) is 18.2 Å². The summed E-state index contributed by atoms with van der Waals surface area (Å²) in [6, 6.07) is 19.9. The Balaban J connectivity index is 2.02. The zero-order valence-electron chi connectivity index (χ0n) is 13.7. The predicted molar refractivity (Wildman–Crippen MR) is 99.2 cm³/mol. The van der Waals surface area contributed by atoms with Crippen LogP contribution in [0.25, 0.3) is 33.4 Å². The van der Waals surface area contributed by atoms with Gasteiger partial charge in [0.2, 0.25) is 0 Å². The average Bonchev–Trinajstić information content (AvgIpc) is 2.68. The monoisotopic (exact) mass is 328 g/mol. The van der Waals surface area contributed by atoms with E-state index in [-0.39, 0.29) is 0 Å². The SMILES string of the molecule is COc1cccc(-c2cc(-c3ccccc3)c3c(N)ncnc3n2)c1. The van der Waals surface area contributed by atoms with Crippen molar-refractivity contribution in [2.24, 2.45) is 0 Å². The number of anilines is 1. The van der Waals surface area contributed by atoms with E-state index in [9.17, 15) is 0 Å². The third-order valence-corrected chi connectivity index (χ3v) is 4.08. The topological polar surface area (TPSA) is 73.9 Å². The van der Waals surface area contributed by atoms with Crippen LogP contribution in [-0.2, 0) is 0 Å². The molecule has 2 N–H and O–H groups in total. The van der Waals surface area contributed by atoms with Crippen molar-refractivity contribution in [2.45, 2.75) is 0 Å². The predicted octanol–water partition coefficient (Wildman–Crippen LogP) is 3.95. The van der Waals surface area contributed by atoms with Crippen molar-refractivity contribution in [3.05, 3.63) is 67.0 Å². The normalized spacial score (nSPS) is 10.8. The van der Waals surface area contributed by atoms with Gasteiger partial charge in [0.15, 0.2) is 5.65 Å². The summed E-state index contributed by atoms with van der Waals surface area (Å²) in [5.41, 5.74) is 10.5. The molecule has 0 unspecified atom stereocenters. The molecule has 4 rings (SSSR count). The Hall–Kier alpha value is -3.47. The number of aromatic nitrogens is 3. The molecule has 0 saturated heterocycles. The van der Waals surface area contributed by atoms with Crippen molar-refractivity contribution < 1.29 is 4.74 Å². The second-order valence-corrected chi connectivity index (χ2v) is 5.61. The van der Waals surface area contributed by atoms with Crippen molar-refractivity contribution in [1.82, 2.24) is 15.0 Å². The molecule has 2 aromatic heterocycles. The summed E-state index contributed by atoms with van der Waals surface area (Å²) in [6.45, 7) is 0. The number of pyridine rings is 1. The first-order valence-electron chi connectivity index (χ1n) is 7.87. The fourth-order valence-electron chi connectivity index (χ4n) is 2.86. The number of rotatable bonds is 3. The molecule has 0 atom stereocenters. The van der Waals surface area contributed by atoms with Crippen LogP contribution in [0.3, 0.4) is 0 Å². The molecule has 4 aromatic rings. The van der Waals surface area contributed by atoms with Gasteiger partial charge in [-0.15, -0.1) is 0 Å². The van der Waals surface area contributed by atoms with Gasteiger partial charge in [-0.25, -0.2) is 15.0 Å². The third kappa shape index (κ3) is 2.76. The number of ether oxygens (including phenoxy) is 1.